The van der Waals surface area contributed by atoms with Crippen molar-refractivity contribution >= 4 is 39.0 Å². The van der Waals surface area contributed by atoms with Gasteiger partial charge in [0.1, 0.15) is 5.82 Å². The fourth-order valence-corrected chi connectivity index (χ4v) is 5.62. The molecule has 5 aromatic carbocycles. The highest BCUT2D eigenvalue weighted by Crippen LogP contribution is 2.38. The number of pyridine rings is 1. The quantitative estimate of drug-likeness (QED) is 0.205. The molecule has 0 N–H and O–H groups in total. The van der Waals surface area contributed by atoms with Gasteiger partial charge in [0.05, 0.1) is 17.2 Å². The van der Waals surface area contributed by atoms with Crippen LogP contribution in [0.3, 0.4) is 0 Å². The van der Waals surface area contributed by atoms with Crippen molar-refractivity contribution in [2.24, 2.45) is 0 Å². The van der Waals surface area contributed by atoms with E-state index in [4.69, 9.17) is 9.51 Å². The van der Waals surface area contributed by atoms with Crippen molar-refractivity contribution in [3.8, 4) is 28.5 Å². The Hall–Kier alpha value is -6.01. The number of para-hydroxylation sites is 3. The largest absolute Gasteiger partial charge is 0.334 e. The summed E-state index contributed by atoms with van der Waals surface area (Å²) in [7, 11) is 0. The molecule has 0 unspecified atom stereocenters. The van der Waals surface area contributed by atoms with E-state index >= 15 is 0 Å². The highest BCUT2D eigenvalue weighted by atomic mass is 16.5. The lowest BCUT2D eigenvalue weighted by atomic mass is 10.1. The normalized spacial score (nSPS) is 11.3. The summed E-state index contributed by atoms with van der Waals surface area (Å²) >= 11 is 0. The standard InChI is InChI=1S/C37H25N5O/c1-4-12-27(13-5-1)37-39-36(40-43-37)26-20-22-30(23-21-26)42-33-19-11-10-18-31(33)32-24-35(38-25-34(32)42)41(28-14-6-2-7-15-28)29-16-8-3-9-17-29/h1-25H. The number of nitrogens with zero attached hydrogens (tertiary/aromatic N) is 5. The van der Waals surface area contributed by atoms with Crippen LogP contribution < -0.4 is 4.90 Å². The molecule has 0 spiro atoms. The van der Waals surface area contributed by atoms with Gasteiger partial charge < -0.3 is 9.09 Å². The molecule has 8 aromatic rings. The minimum Gasteiger partial charge on any atom is -0.334 e. The van der Waals surface area contributed by atoms with Crippen LogP contribution in [0.15, 0.2) is 156 Å². The third-order valence-corrected chi connectivity index (χ3v) is 7.63. The van der Waals surface area contributed by atoms with E-state index in [2.05, 4.69) is 111 Å². The number of anilines is 3. The SMILES string of the molecule is c1ccc(-c2nc(-c3ccc(-n4c5ccccc5c5cc(N(c6ccccc6)c6ccccc6)ncc54)cc3)no2)cc1. The van der Waals surface area contributed by atoms with Gasteiger partial charge in [-0.3, -0.25) is 4.90 Å². The molecular weight excluding hydrogens is 530 g/mol. The first-order valence-electron chi connectivity index (χ1n) is 14.1. The first kappa shape index (κ1) is 24.8. The van der Waals surface area contributed by atoms with Crippen LogP contribution in [0.4, 0.5) is 17.2 Å². The molecule has 0 amide bonds. The van der Waals surface area contributed by atoms with Gasteiger partial charge in [-0.15, -0.1) is 0 Å². The molecule has 43 heavy (non-hydrogen) atoms. The van der Waals surface area contributed by atoms with Gasteiger partial charge in [0.2, 0.25) is 5.82 Å². The second kappa shape index (κ2) is 10.4. The van der Waals surface area contributed by atoms with Crippen LogP contribution in [0.2, 0.25) is 0 Å². The smallest absolute Gasteiger partial charge is 0.258 e. The van der Waals surface area contributed by atoms with Crippen LogP contribution in [0.5, 0.6) is 0 Å². The van der Waals surface area contributed by atoms with E-state index in [1.165, 1.54) is 0 Å². The van der Waals surface area contributed by atoms with Crippen molar-refractivity contribution in [2.75, 3.05) is 4.90 Å². The summed E-state index contributed by atoms with van der Waals surface area (Å²) in [5.41, 5.74) is 7.06. The Morgan fingerprint density at radius 2 is 1.19 bits per heavy atom. The maximum Gasteiger partial charge on any atom is 0.258 e. The van der Waals surface area contributed by atoms with Crippen molar-refractivity contribution < 1.29 is 4.52 Å². The molecule has 0 saturated heterocycles. The highest BCUT2D eigenvalue weighted by molar-refractivity contribution is 6.10. The summed E-state index contributed by atoms with van der Waals surface area (Å²) in [6.45, 7) is 0. The average molecular weight is 556 g/mol. The number of fused-ring (bicyclic) bond motifs is 3. The summed E-state index contributed by atoms with van der Waals surface area (Å²) in [6.07, 6.45) is 1.97. The Morgan fingerprint density at radius 1 is 0.558 bits per heavy atom. The molecule has 8 rings (SSSR count). The second-order valence-electron chi connectivity index (χ2n) is 10.3. The predicted octanol–water partition coefficient (Wildman–Crippen LogP) is 9.37. The van der Waals surface area contributed by atoms with Gasteiger partial charge in [-0.2, -0.15) is 4.98 Å². The van der Waals surface area contributed by atoms with Crippen LogP contribution in [0.1, 0.15) is 0 Å². The van der Waals surface area contributed by atoms with Crippen molar-refractivity contribution in [2.45, 2.75) is 0 Å². The maximum atomic E-state index is 5.54. The number of aromatic nitrogens is 4. The fraction of sp³-hybridized carbons (Fsp3) is 0. The molecule has 0 saturated carbocycles. The van der Waals surface area contributed by atoms with Crippen molar-refractivity contribution in [3.63, 3.8) is 0 Å². The van der Waals surface area contributed by atoms with E-state index in [0.29, 0.717) is 11.7 Å². The van der Waals surface area contributed by atoms with Gasteiger partial charge in [-0.05, 0) is 72.8 Å². The first-order valence-corrected chi connectivity index (χ1v) is 14.1. The molecule has 0 aliphatic carbocycles. The van der Waals surface area contributed by atoms with Gasteiger partial charge >= 0.3 is 0 Å². The van der Waals surface area contributed by atoms with E-state index in [1.807, 2.05) is 60.8 Å². The Kier molecular flexibility index (Phi) is 6.01. The van der Waals surface area contributed by atoms with E-state index < -0.39 is 0 Å². The molecule has 0 atom stereocenters. The van der Waals surface area contributed by atoms with Crippen molar-refractivity contribution in [3.05, 3.63) is 152 Å². The number of rotatable bonds is 6. The number of hydrogen-bond acceptors (Lipinski definition) is 5. The van der Waals surface area contributed by atoms with Gasteiger partial charge in [0, 0.05) is 39.0 Å². The predicted molar refractivity (Wildman–Crippen MR) is 172 cm³/mol. The summed E-state index contributed by atoms with van der Waals surface area (Å²) in [5.74, 6) is 1.92. The minimum absolute atomic E-state index is 0.504. The number of benzene rings is 5. The summed E-state index contributed by atoms with van der Waals surface area (Å²) in [5, 5.41) is 6.52. The third kappa shape index (κ3) is 4.42. The van der Waals surface area contributed by atoms with Crippen LogP contribution >= 0.6 is 0 Å². The Balaban J connectivity index is 1.22. The highest BCUT2D eigenvalue weighted by Gasteiger charge is 2.18. The molecule has 6 heteroatoms. The summed E-state index contributed by atoms with van der Waals surface area (Å²) < 4.78 is 7.79. The average Bonchev–Trinajstić information content (AvgIpc) is 3.70. The van der Waals surface area contributed by atoms with E-state index in [-0.39, 0.29) is 0 Å². The maximum absolute atomic E-state index is 5.54. The topological polar surface area (TPSA) is 60.0 Å². The monoisotopic (exact) mass is 555 g/mol. The lowest BCUT2D eigenvalue weighted by molar-refractivity contribution is 0.432. The third-order valence-electron chi connectivity index (χ3n) is 7.63. The molecule has 0 bridgehead atoms. The molecule has 6 nitrogen and oxygen atoms in total. The summed E-state index contributed by atoms with van der Waals surface area (Å²) in [4.78, 5) is 11.8. The second-order valence-corrected chi connectivity index (χ2v) is 10.3. The summed E-state index contributed by atoms with van der Waals surface area (Å²) in [6, 6.07) is 49.4. The first-order chi connectivity index (χ1) is 21.3. The van der Waals surface area contributed by atoms with Gasteiger partial charge in [0.25, 0.3) is 5.89 Å². The molecule has 3 heterocycles. The van der Waals surface area contributed by atoms with Crippen LogP contribution in [0.25, 0.3) is 50.3 Å². The van der Waals surface area contributed by atoms with Gasteiger partial charge in [-0.25, -0.2) is 4.98 Å². The van der Waals surface area contributed by atoms with E-state index in [9.17, 15) is 0 Å². The lowest BCUT2D eigenvalue weighted by Gasteiger charge is -2.24. The van der Waals surface area contributed by atoms with Gasteiger partial charge in [0.15, 0.2) is 0 Å². The zero-order valence-corrected chi connectivity index (χ0v) is 23.1. The van der Waals surface area contributed by atoms with Crippen molar-refractivity contribution in [1.82, 2.24) is 19.7 Å². The molecule has 0 aliphatic rings. The zero-order chi connectivity index (χ0) is 28.6. The fourth-order valence-electron chi connectivity index (χ4n) is 5.62. The van der Waals surface area contributed by atoms with E-state index in [1.54, 1.807) is 0 Å². The molecule has 0 aliphatic heterocycles. The Labute approximate surface area is 248 Å². The molecule has 204 valence electrons. The van der Waals surface area contributed by atoms with Crippen molar-refractivity contribution in [1.29, 1.82) is 0 Å². The molecule has 0 radical (unpaired) electrons. The van der Waals surface area contributed by atoms with Crippen LogP contribution in [0, 0.1) is 0 Å². The van der Waals surface area contributed by atoms with Crippen LogP contribution in [-0.2, 0) is 0 Å². The van der Waals surface area contributed by atoms with E-state index in [0.717, 1.165) is 55.8 Å². The minimum atomic E-state index is 0.504. The molecule has 3 aromatic heterocycles. The molecule has 0 fully saturated rings. The van der Waals surface area contributed by atoms with Crippen LogP contribution in [-0.4, -0.2) is 19.7 Å². The zero-order valence-electron chi connectivity index (χ0n) is 23.1. The lowest BCUT2D eigenvalue weighted by Crippen LogP contribution is -2.11. The Morgan fingerprint density at radius 3 is 1.88 bits per heavy atom. The number of hydrogen-bond donors (Lipinski definition) is 0. The van der Waals surface area contributed by atoms with Gasteiger partial charge in [-0.1, -0.05) is 78.0 Å². The Bertz CT molecular complexity index is 2130. The molecular formula is C37H25N5O.